The van der Waals surface area contributed by atoms with E-state index in [1.165, 1.54) is 30.4 Å². The van der Waals surface area contributed by atoms with Crippen molar-refractivity contribution in [1.29, 1.82) is 0 Å². The van der Waals surface area contributed by atoms with Crippen LogP contribution in [0.2, 0.25) is 0 Å². The largest absolute Gasteiger partial charge is 0.326 e. The highest BCUT2D eigenvalue weighted by atomic mass is 32.2. The van der Waals surface area contributed by atoms with E-state index in [-0.39, 0.29) is 17.3 Å². The number of hydrogen-bond acceptors (Lipinski definition) is 6. The average molecular weight is 391 g/mol. The van der Waals surface area contributed by atoms with Crippen molar-refractivity contribution in [1.82, 2.24) is 19.5 Å². The number of thiazole rings is 1. The smallest absolute Gasteiger partial charge is 0.240 e. The molecule has 0 saturated carbocycles. The van der Waals surface area contributed by atoms with Crippen LogP contribution in [0.1, 0.15) is 12.6 Å². The summed E-state index contributed by atoms with van der Waals surface area (Å²) in [6.07, 6.45) is 3.95. The molecule has 0 fully saturated rings. The van der Waals surface area contributed by atoms with E-state index < -0.39 is 10.0 Å². The number of nitrogens with one attached hydrogen (secondary N) is 2. The van der Waals surface area contributed by atoms with Gasteiger partial charge in [0.15, 0.2) is 0 Å². The van der Waals surface area contributed by atoms with Crippen molar-refractivity contribution in [2.45, 2.75) is 18.2 Å². The monoisotopic (exact) mass is 391 g/mol. The van der Waals surface area contributed by atoms with E-state index in [1.807, 2.05) is 11.4 Å². The van der Waals surface area contributed by atoms with Crippen molar-refractivity contribution in [3.63, 3.8) is 0 Å². The standard InChI is InChI=1S/C16H17N5O3S2/c1-12(22)19-13-3-5-15(6-4-13)26(23,24)18-9-7-14-11-25-16(20-14)21-10-2-8-17-21/h2-6,8,10-11,18H,7,9H2,1H3,(H,19,22). The van der Waals surface area contributed by atoms with E-state index in [0.717, 1.165) is 10.8 Å². The molecule has 3 rings (SSSR count). The Morgan fingerprint density at radius 3 is 2.69 bits per heavy atom. The third-order valence-electron chi connectivity index (χ3n) is 3.40. The SMILES string of the molecule is CC(=O)Nc1ccc(S(=O)(=O)NCCc2csc(-n3cccn3)n2)cc1. The van der Waals surface area contributed by atoms with Crippen molar-refractivity contribution in [2.24, 2.45) is 0 Å². The van der Waals surface area contributed by atoms with Crippen LogP contribution >= 0.6 is 11.3 Å². The van der Waals surface area contributed by atoms with E-state index in [0.29, 0.717) is 12.1 Å². The minimum atomic E-state index is -3.62. The zero-order valence-corrected chi connectivity index (χ0v) is 15.5. The summed E-state index contributed by atoms with van der Waals surface area (Å²) in [5, 5.41) is 9.32. The molecule has 0 spiro atoms. The maximum absolute atomic E-state index is 12.3. The predicted molar refractivity (Wildman–Crippen MR) is 98.9 cm³/mol. The number of aromatic nitrogens is 3. The van der Waals surface area contributed by atoms with Gasteiger partial charge in [0.2, 0.25) is 21.1 Å². The molecule has 0 bridgehead atoms. The molecular formula is C16H17N5O3S2. The summed E-state index contributed by atoms with van der Waals surface area (Å²) in [4.78, 5) is 15.6. The minimum Gasteiger partial charge on any atom is -0.326 e. The molecule has 0 aliphatic rings. The van der Waals surface area contributed by atoms with Crippen molar-refractivity contribution >= 4 is 33.0 Å². The summed E-state index contributed by atoms with van der Waals surface area (Å²) in [5.74, 6) is -0.212. The number of nitrogens with zero attached hydrogens (tertiary/aromatic N) is 3. The summed E-state index contributed by atoms with van der Waals surface area (Å²) in [6.45, 7) is 1.63. The van der Waals surface area contributed by atoms with Gasteiger partial charge in [-0.15, -0.1) is 11.3 Å². The van der Waals surface area contributed by atoms with E-state index in [4.69, 9.17) is 0 Å². The molecule has 3 aromatic rings. The molecule has 1 amide bonds. The highest BCUT2D eigenvalue weighted by molar-refractivity contribution is 7.89. The molecule has 0 saturated heterocycles. The van der Waals surface area contributed by atoms with Crippen LogP contribution < -0.4 is 10.0 Å². The summed E-state index contributed by atoms with van der Waals surface area (Å²) in [7, 11) is -3.62. The van der Waals surface area contributed by atoms with Crippen LogP contribution in [-0.4, -0.2) is 35.6 Å². The molecule has 136 valence electrons. The molecule has 0 unspecified atom stereocenters. The van der Waals surface area contributed by atoms with Crippen molar-refractivity contribution < 1.29 is 13.2 Å². The second-order valence-electron chi connectivity index (χ2n) is 5.43. The zero-order chi connectivity index (χ0) is 18.6. The number of carbonyl (C=O) groups excluding carboxylic acids is 1. The predicted octanol–water partition coefficient (Wildman–Crippen LogP) is 1.81. The average Bonchev–Trinajstić information content (AvgIpc) is 3.26. The van der Waals surface area contributed by atoms with Gasteiger partial charge >= 0.3 is 0 Å². The molecule has 10 heteroatoms. The molecular weight excluding hydrogens is 374 g/mol. The molecule has 0 aliphatic heterocycles. The minimum absolute atomic E-state index is 0.141. The quantitative estimate of drug-likeness (QED) is 0.639. The molecule has 0 atom stereocenters. The van der Waals surface area contributed by atoms with Crippen LogP contribution in [0.4, 0.5) is 5.69 Å². The molecule has 2 N–H and O–H groups in total. The Hall–Kier alpha value is -2.56. The van der Waals surface area contributed by atoms with Crippen molar-refractivity contribution in [2.75, 3.05) is 11.9 Å². The first-order valence-electron chi connectivity index (χ1n) is 7.76. The molecule has 26 heavy (non-hydrogen) atoms. The third kappa shape index (κ3) is 4.54. The fourth-order valence-corrected chi connectivity index (χ4v) is 4.05. The van der Waals surface area contributed by atoms with E-state index in [9.17, 15) is 13.2 Å². The van der Waals surface area contributed by atoms with E-state index >= 15 is 0 Å². The van der Waals surface area contributed by atoms with Gasteiger partial charge in [0, 0.05) is 43.4 Å². The van der Waals surface area contributed by atoms with Gasteiger partial charge < -0.3 is 5.32 Å². The van der Waals surface area contributed by atoms with Crippen molar-refractivity contribution in [3.05, 3.63) is 53.8 Å². The number of carbonyl (C=O) groups is 1. The maximum atomic E-state index is 12.3. The summed E-state index contributed by atoms with van der Waals surface area (Å²) >= 11 is 1.45. The number of benzene rings is 1. The van der Waals surface area contributed by atoms with Crippen LogP contribution in [-0.2, 0) is 21.2 Å². The fraction of sp³-hybridized carbons (Fsp3) is 0.188. The highest BCUT2D eigenvalue weighted by Gasteiger charge is 2.14. The summed E-state index contributed by atoms with van der Waals surface area (Å²) < 4.78 is 28.9. The molecule has 8 nitrogen and oxygen atoms in total. The highest BCUT2D eigenvalue weighted by Crippen LogP contribution is 2.15. The van der Waals surface area contributed by atoms with E-state index in [1.54, 1.807) is 29.2 Å². The molecule has 0 radical (unpaired) electrons. The number of rotatable bonds is 7. The van der Waals surface area contributed by atoms with Crippen LogP contribution in [0.25, 0.3) is 5.13 Å². The van der Waals surface area contributed by atoms with Gasteiger partial charge in [-0.3, -0.25) is 4.79 Å². The lowest BCUT2D eigenvalue weighted by molar-refractivity contribution is -0.114. The van der Waals surface area contributed by atoms with Gasteiger partial charge in [-0.2, -0.15) is 5.10 Å². The first kappa shape index (κ1) is 18.2. The lowest BCUT2D eigenvalue weighted by Crippen LogP contribution is -2.26. The van der Waals surface area contributed by atoms with Gasteiger partial charge in [0.1, 0.15) is 0 Å². The molecule has 0 aliphatic carbocycles. The van der Waals surface area contributed by atoms with E-state index in [2.05, 4.69) is 20.1 Å². The van der Waals surface area contributed by atoms with Gasteiger partial charge in [-0.1, -0.05) is 0 Å². The first-order valence-corrected chi connectivity index (χ1v) is 10.1. The fourth-order valence-electron chi connectivity index (χ4n) is 2.22. The Bertz CT molecular complexity index is 979. The van der Waals surface area contributed by atoms with Gasteiger partial charge in [-0.25, -0.2) is 22.8 Å². The molecule has 1 aromatic carbocycles. The van der Waals surface area contributed by atoms with Crippen LogP contribution in [0.5, 0.6) is 0 Å². The van der Waals surface area contributed by atoms with Gasteiger partial charge in [0.25, 0.3) is 0 Å². The maximum Gasteiger partial charge on any atom is 0.240 e. The lowest BCUT2D eigenvalue weighted by Gasteiger charge is -2.07. The normalized spacial score (nSPS) is 11.4. The molecule has 2 heterocycles. The number of amides is 1. The third-order valence-corrected chi connectivity index (χ3v) is 5.75. The van der Waals surface area contributed by atoms with Crippen LogP contribution in [0.15, 0.2) is 53.0 Å². The van der Waals surface area contributed by atoms with Gasteiger partial charge in [0.05, 0.1) is 10.6 Å². The topological polar surface area (TPSA) is 106 Å². The molecule has 2 aromatic heterocycles. The Labute approximate surface area is 154 Å². The van der Waals surface area contributed by atoms with Crippen molar-refractivity contribution in [3.8, 4) is 5.13 Å². The second kappa shape index (κ2) is 7.77. The zero-order valence-electron chi connectivity index (χ0n) is 13.9. The lowest BCUT2D eigenvalue weighted by atomic mass is 10.3. The van der Waals surface area contributed by atoms with Crippen LogP contribution in [0.3, 0.4) is 0 Å². The van der Waals surface area contributed by atoms with Crippen LogP contribution in [0, 0.1) is 0 Å². The number of hydrogen-bond donors (Lipinski definition) is 2. The summed E-state index contributed by atoms with van der Waals surface area (Å²) in [5.41, 5.74) is 1.34. The Morgan fingerprint density at radius 2 is 2.04 bits per heavy atom. The van der Waals surface area contributed by atoms with Gasteiger partial charge in [-0.05, 0) is 30.3 Å². The Balaban J connectivity index is 1.57. The Kier molecular flexibility index (Phi) is 5.45. The number of sulfonamides is 1. The number of anilines is 1. The summed E-state index contributed by atoms with van der Waals surface area (Å²) in [6, 6.07) is 7.81. The second-order valence-corrected chi connectivity index (χ2v) is 8.03. The first-order chi connectivity index (χ1) is 12.4. The Morgan fingerprint density at radius 1 is 1.27 bits per heavy atom.